The van der Waals surface area contributed by atoms with Gasteiger partial charge < -0.3 is 10.2 Å². The minimum Gasteiger partial charge on any atom is -0.352 e. The maximum atomic E-state index is 14.0. The second-order valence-electron chi connectivity index (χ2n) is 9.55. The standard InChI is InChI=1S/C27H38Cl2N4O4S/c1-8-20(5)30-27(35)24(9-2)32(16-21-22(28)11-10-12-23(21)29)26(34)17-33(38(36,37)31(6)7)25-15-18(3)13-14-19(25)4/h10-15,20,24H,8-9,16-17H2,1-7H3,(H,30,35). The van der Waals surface area contributed by atoms with E-state index in [2.05, 4.69) is 5.32 Å². The van der Waals surface area contributed by atoms with E-state index in [0.717, 1.165) is 14.2 Å². The first-order chi connectivity index (χ1) is 17.7. The molecule has 0 fully saturated rings. The van der Waals surface area contributed by atoms with Crippen LogP contribution in [-0.2, 0) is 26.3 Å². The number of halogens is 2. The zero-order valence-corrected chi connectivity index (χ0v) is 25.4. The van der Waals surface area contributed by atoms with Crippen molar-refractivity contribution in [3.05, 3.63) is 63.1 Å². The number of amides is 2. The Kier molecular flexibility index (Phi) is 11.4. The summed E-state index contributed by atoms with van der Waals surface area (Å²) in [6.45, 7) is 8.69. The molecular weight excluding hydrogens is 547 g/mol. The molecule has 0 heterocycles. The normalized spacial score (nSPS) is 13.2. The van der Waals surface area contributed by atoms with Gasteiger partial charge in [0, 0.05) is 42.3 Å². The van der Waals surface area contributed by atoms with Crippen LogP contribution in [-0.4, -0.2) is 62.2 Å². The number of rotatable bonds is 12. The Morgan fingerprint density at radius 1 is 1.00 bits per heavy atom. The fourth-order valence-electron chi connectivity index (χ4n) is 3.90. The first-order valence-corrected chi connectivity index (χ1v) is 14.7. The van der Waals surface area contributed by atoms with E-state index >= 15 is 0 Å². The number of nitrogens with zero attached hydrogens (tertiary/aromatic N) is 3. The fourth-order valence-corrected chi connectivity index (χ4v) is 5.53. The van der Waals surface area contributed by atoms with Crippen LogP contribution in [0.5, 0.6) is 0 Å². The van der Waals surface area contributed by atoms with Gasteiger partial charge in [-0.25, -0.2) is 4.31 Å². The van der Waals surface area contributed by atoms with E-state index in [4.69, 9.17) is 23.2 Å². The molecule has 0 saturated carbocycles. The van der Waals surface area contributed by atoms with Crippen LogP contribution in [0.25, 0.3) is 0 Å². The van der Waals surface area contributed by atoms with Gasteiger partial charge in [-0.15, -0.1) is 0 Å². The monoisotopic (exact) mass is 584 g/mol. The summed E-state index contributed by atoms with van der Waals surface area (Å²) in [6, 6.07) is 9.45. The average Bonchev–Trinajstić information content (AvgIpc) is 2.85. The molecule has 2 amide bonds. The van der Waals surface area contributed by atoms with Crippen molar-refractivity contribution in [3.8, 4) is 0 Å². The summed E-state index contributed by atoms with van der Waals surface area (Å²) in [4.78, 5) is 28.7. The minimum absolute atomic E-state index is 0.0631. The van der Waals surface area contributed by atoms with Crippen molar-refractivity contribution in [1.82, 2.24) is 14.5 Å². The third-order valence-electron chi connectivity index (χ3n) is 6.43. The van der Waals surface area contributed by atoms with Crippen molar-refractivity contribution in [3.63, 3.8) is 0 Å². The summed E-state index contributed by atoms with van der Waals surface area (Å²) >= 11 is 12.9. The smallest absolute Gasteiger partial charge is 0.304 e. The Morgan fingerprint density at radius 2 is 1.61 bits per heavy atom. The molecular formula is C27H38Cl2N4O4S. The van der Waals surface area contributed by atoms with Gasteiger partial charge in [-0.2, -0.15) is 12.7 Å². The van der Waals surface area contributed by atoms with Gasteiger partial charge in [0.25, 0.3) is 0 Å². The zero-order valence-electron chi connectivity index (χ0n) is 23.1. The summed E-state index contributed by atoms with van der Waals surface area (Å²) in [5.74, 6) is -0.884. The van der Waals surface area contributed by atoms with Crippen molar-refractivity contribution in [1.29, 1.82) is 0 Å². The van der Waals surface area contributed by atoms with Gasteiger partial charge in [-0.1, -0.05) is 55.2 Å². The fraction of sp³-hybridized carbons (Fsp3) is 0.481. The molecule has 38 heavy (non-hydrogen) atoms. The van der Waals surface area contributed by atoms with Crippen LogP contribution in [0, 0.1) is 13.8 Å². The molecule has 0 aliphatic carbocycles. The molecule has 2 aromatic rings. The van der Waals surface area contributed by atoms with E-state index < -0.39 is 28.7 Å². The molecule has 2 atom stereocenters. The zero-order chi connectivity index (χ0) is 28.8. The molecule has 0 aromatic heterocycles. The third-order valence-corrected chi connectivity index (χ3v) is 8.94. The van der Waals surface area contributed by atoms with Crippen LogP contribution in [0.3, 0.4) is 0 Å². The van der Waals surface area contributed by atoms with Gasteiger partial charge in [0.2, 0.25) is 11.8 Å². The van der Waals surface area contributed by atoms with Crippen molar-refractivity contribution in [2.45, 2.75) is 66.1 Å². The van der Waals surface area contributed by atoms with Crippen molar-refractivity contribution >= 4 is 50.9 Å². The molecule has 2 aromatic carbocycles. The summed E-state index contributed by atoms with van der Waals surface area (Å²) in [7, 11) is -1.24. The third kappa shape index (κ3) is 7.62. The summed E-state index contributed by atoms with van der Waals surface area (Å²) < 4.78 is 29.0. The predicted octanol–water partition coefficient (Wildman–Crippen LogP) is 4.95. The number of carbonyl (C=O) groups excluding carboxylic acids is 2. The van der Waals surface area contributed by atoms with E-state index in [1.54, 1.807) is 38.1 Å². The maximum absolute atomic E-state index is 14.0. The van der Waals surface area contributed by atoms with E-state index in [1.807, 2.05) is 32.9 Å². The summed E-state index contributed by atoms with van der Waals surface area (Å²) in [6.07, 6.45) is 1.02. The van der Waals surface area contributed by atoms with E-state index in [9.17, 15) is 18.0 Å². The highest BCUT2D eigenvalue weighted by molar-refractivity contribution is 7.90. The van der Waals surface area contributed by atoms with Crippen molar-refractivity contribution in [2.75, 3.05) is 24.9 Å². The second-order valence-corrected chi connectivity index (χ2v) is 12.4. The Balaban J connectivity index is 2.62. The Morgan fingerprint density at radius 3 is 2.13 bits per heavy atom. The van der Waals surface area contributed by atoms with E-state index in [1.165, 1.54) is 19.0 Å². The van der Waals surface area contributed by atoms with Gasteiger partial charge in [-0.3, -0.25) is 9.59 Å². The average molecular weight is 586 g/mol. The Labute approximate surface area is 237 Å². The lowest BCUT2D eigenvalue weighted by atomic mass is 10.1. The van der Waals surface area contributed by atoms with E-state index in [-0.39, 0.29) is 18.5 Å². The molecule has 0 aliphatic rings. The molecule has 2 rings (SSSR count). The van der Waals surface area contributed by atoms with Gasteiger partial charge in [-0.05, 0) is 62.9 Å². The number of benzene rings is 2. The maximum Gasteiger partial charge on any atom is 0.304 e. The molecule has 2 unspecified atom stereocenters. The highest BCUT2D eigenvalue weighted by Gasteiger charge is 2.35. The van der Waals surface area contributed by atoms with Gasteiger partial charge in [0.1, 0.15) is 12.6 Å². The van der Waals surface area contributed by atoms with Gasteiger partial charge in [0.15, 0.2) is 0 Å². The first kappa shape index (κ1) is 31.9. The first-order valence-electron chi connectivity index (χ1n) is 12.5. The Bertz CT molecular complexity index is 1230. The molecule has 0 aliphatic heterocycles. The van der Waals surface area contributed by atoms with Crippen LogP contribution in [0.2, 0.25) is 10.0 Å². The highest BCUT2D eigenvalue weighted by atomic mass is 35.5. The molecule has 0 spiro atoms. The lowest BCUT2D eigenvalue weighted by Gasteiger charge is -2.35. The molecule has 0 bridgehead atoms. The van der Waals surface area contributed by atoms with Crippen LogP contribution in [0.15, 0.2) is 36.4 Å². The minimum atomic E-state index is -4.06. The number of nitrogens with one attached hydrogen (secondary N) is 1. The van der Waals surface area contributed by atoms with Crippen LogP contribution in [0.4, 0.5) is 5.69 Å². The van der Waals surface area contributed by atoms with Crippen LogP contribution in [0.1, 0.15) is 50.3 Å². The number of anilines is 1. The quantitative estimate of drug-likeness (QED) is 0.382. The second kappa shape index (κ2) is 13.6. The van der Waals surface area contributed by atoms with E-state index in [0.29, 0.717) is 39.7 Å². The molecule has 0 saturated heterocycles. The largest absolute Gasteiger partial charge is 0.352 e. The lowest BCUT2D eigenvalue weighted by Crippen LogP contribution is -2.54. The summed E-state index contributed by atoms with van der Waals surface area (Å²) in [5.41, 5.74) is 2.40. The topological polar surface area (TPSA) is 90.0 Å². The molecule has 11 heteroatoms. The summed E-state index contributed by atoms with van der Waals surface area (Å²) in [5, 5.41) is 3.64. The number of hydrogen-bond donors (Lipinski definition) is 1. The Hall–Kier alpha value is -2.33. The molecule has 1 N–H and O–H groups in total. The number of aryl methyl sites for hydroxylation is 2. The van der Waals surface area contributed by atoms with Gasteiger partial charge >= 0.3 is 10.2 Å². The predicted molar refractivity (Wildman–Crippen MR) is 155 cm³/mol. The van der Waals surface area contributed by atoms with Gasteiger partial charge in [0.05, 0.1) is 5.69 Å². The molecule has 8 nitrogen and oxygen atoms in total. The SMILES string of the molecule is CCC(C)NC(=O)C(CC)N(Cc1c(Cl)cccc1Cl)C(=O)CN(c1cc(C)ccc1C)S(=O)(=O)N(C)C. The molecule has 0 radical (unpaired) electrons. The highest BCUT2D eigenvalue weighted by Crippen LogP contribution is 2.29. The molecule has 210 valence electrons. The number of carbonyl (C=O) groups is 2. The van der Waals surface area contributed by atoms with Crippen LogP contribution < -0.4 is 9.62 Å². The lowest BCUT2D eigenvalue weighted by molar-refractivity contribution is -0.140. The van der Waals surface area contributed by atoms with Crippen molar-refractivity contribution in [2.24, 2.45) is 0 Å². The van der Waals surface area contributed by atoms with Crippen molar-refractivity contribution < 1.29 is 18.0 Å². The number of hydrogen-bond acceptors (Lipinski definition) is 4. The van der Waals surface area contributed by atoms with Crippen LogP contribution >= 0.6 is 23.2 Å².